The van der Waals surface area contributed by atoms with Gasteiger partial charge in [-0.05, 0) is 28.5 Å². The van der Waals surface area contributed by atoms with Crippen molar-refractivity contribution in [2.24, 2.45) is 0 Å². The highest BCUT2D eigenvalue weighted by atomic mass is 16.5. The van der Waals surface area contributed by atoms with Crippen molar-refractivity contribution in [1.82, 2.24) is 0 Å². The zero-order valence-electron chi connectivity index (χ0n) is 9.22. The maximum absolute atomic E-state index is 10.6. The molecular weight excluding hydrogens is 216 g/mol. The van der Waals surface area contributed by atoms with Crippen molar-refractivity contribution < 1.29 is 14.6 Å². The molecule has 2 aromatic rings. The summed E-state index contributed by atoms with van der Waals surface area (Å²) in [5.41, 5.74) is 0.794. The highest BCUT2D eigenvalue weighted by Gasteiger charge is 2.02. The van der Waals surface area contributed by atoms with Gasteiger partial charge >= 0.3 is 5.97 Å². The fourth-order valence-electron chi connectivity index (χ4n) is 1.73. The number of benzene rings is 2. The first-order chi connectivity index (χ1) is 8.19. The average molecular weight is 228 g/mol. The molecule has 0 saturated heterocycles. The molecule has 0 fully saturated rings. The minimum atomic E-state index is -0.823. The number of aliphatic carboxylic acids is 1. The van der Waals surface area contributed by atoms with Gasteiger partial charge in [0.2, 0.25) is 0 Å². The molecule has 0 radical (unpaired) electrons. The molecule has 0 atom stereocenters. The molecule has 2 aromatic carbocycles. The molecule has 2 rings (SSSR count). The van der Waals surface area contributed by atoms with Gasteiger partial charge in [-0.25, -0.2) is 0 Å². The molecule has 0 aliphatic carbocycles. The van der Waals surface area contributed by atoms with Gasteiger partial charge in [0.15, 0.2) is 0 Å². The smallest absolute Gasteiger partial charge is 0.307 e. The highest BCUT2D eigenvalue weighted by molar-refractivity contribution is 5.85. The third kappa shape index (κ3) is 2.64. The van der Waals surface area contributed by atoms with Crippen LogP contribution in [0.15, 0.2) is 49.2 Å². The summed E-state index contributed by atoms with van der Waals surface area (Å²) in [6, 6.07) is 11.2. The fourth-order valence-corrected chi connectivity index (χ4v) is 1.73. The van der Waals surface area contributed by atoms with E-state index in [0.717, 1.165) is 22.1 Å². The Labute approximate surface area is 99.0 Å². The lowest BCUT2D eigenvalue weighted by Crippen LogP contribution is -1.99. The van der Waals surface area contributed by atoms with Crippen molar-refractivity contribution in [2.45, 2.75) is 6.42 Å². The predicted octanol–water partition coefficient (Wildman–Crippen LogP) is 2.99. The topological polar surface area (TPSA) is 46.5 Å². The van der Waals surface area contributed by atoms with Crippen molar-refractivity contribution in [2.75, 3.05) is 0 Å². The van der Waals surface area contributed by atoms with Gasteiger partial charge in [-0.3, -0.25) is 4.79 Å². The largest absolute Gasteiger partial charge is 0.481 e. The zero-order chi connectivity index (χ0) is 12.3. The molecule has 0 heterocycles. The standard InChI is InChI=1S/C14H12O3/c1-2-17-13-6-5-11-7-10(8-14(15)16)3-4-12(11)9-13/h2-7,9H,1,8H2,(H,15,16). The molecule has 1 N–H and O–H groups in total. The number of rotatable bonds is 4. The van der Waals surface area contributed by atoms with Gasteiger partial charge in [-0.1, -0.05) is 30.8 Å². The van der Waals surface area contributed by atoms with Crippen LogP contribution in [-0.4, -0.2) is 11.1 Å². The molecular formula is C14H12O3. The van der Waals surface area contributed by atoms with Gasteiger partial charge in [0.05, 0.1) is 12.7 Å². The number of carboxylic acids is 1. The van der Waals surface area contributed by atoms with Gasteiger partial charge in [0.1, 0.15) is 5.75 Å². The van der Waals surface area contributed by atoms with Crippen LogP contribution in [0.2, 0.25) is 0 Å². The Kier molecular flexibility index (Phi) is 3.10. The van der Waals surface area contributed by atoms with Crippen LogP contribution in [0.4, 0.5) is 0 Å². The molecule has 0 saturated carbocycles. The molecule has 0 spiro atoms. The van der Waals surface area contributed by atoms with Gasteiger partial charge in [0, 0.05) is 0 Å². The SMILES string of the molecule is C=COc1ccc2cc(CC(=O)O)ccc2c1. The second-order valence-corrected chi connectivity index (χ2v) is 3.70. The molecule has 86 valence electrons. The molecule has 3 heteroatoms. The normalized spacial score (nSPS) is 10.1. The quantitative estimate of drug-likeness (QED) is 0.818. The Morgan fingerprint density at radius 3 is 2.65 bits per heavy atom. The molecule has 0 aromatic heterocycles. The number of fused-ring (bicyclic) bond motifs is 1. The van der Waals surface area contributed by atoms with E-state index in [4.69, 9.17) is 9.84 Å². The Balaban J connectivity index is 2.39. The van der Waals surface area contributed by atoms with Gasteiger partial charge < -0.3 is 9.84 Å². The Morgan fingerprint density at radius 2 is 1.94 bits per heavy atom. The third-order valence-electron chi connectivity index (χ3n) is 2.45. The maximum Gasteiger partial charge on any atom is 0.307 e. The summed E-state index contributed by atoms with van der Waals surface area (Å²) in [6.45, 7) is 3.50. The minimum Gasteiger partial charge on any atom is -0.481 e. The lowest BCUT2D eigenvalue weighted by Gasteiger charge is -2.04. The van der Waals surface area contributed by atoms with Crippen molar-refractivity contribution in [3.8, 4) is 5.75 Å². The number of carbonyl (C=O) groups is 1. The molecule has 0 aliphatic rings. The Hall–Kier alpha value is -2.29. The maximum atomic E-state index is 10.6. The number of carboxylic acid groups (broad SMARTS) is 1. The summed E-state index contributed by atoms with van der Waals surface area (Å²) in [7, 11) is 0. The van der Waals surface area contributed by atoms with Gasteiger partial charge in [-0.2, -0.15) is 0 Å². The van der Waals surface area contributed by atoms with Crippen LogP contribution >= 0.6 is 0 Å². The van der Waals surface area contributed by atoms with Crippen LogP contribution in [0.25, 0.3) is 10.8 Å². The summed E-state index contributed by atoms with van der Waals surface area (Å²) in [5.74, 6) is -0.102. The van der Waals surface area contributed by atoms with E-state index < -0.39 is 5.97 Å². The van der Waals surface area contributed by atoms with Crippen molar-refractivity contribution in [3.05, 3.63) is 54.8 Å². The van der Waals surface area contributed by atoms with Crippen molar-refractivity contribution in [3.63, 3.8) is 0 Å². The monoisotopic (exact) mass is 228 g/mol. The van der Waals surface area contributed by atoms with Crippen LogP contribution in [0.3, 0.4) is 0 Å². The predicted molar refractivity (Wildman–Crippen MR) is 66.1 cm³/mol. The number of hydrogen-bond acceptors (Lipinski definition) is 2. The first kappa shape index (κ1) is 11.2. The fraction of sp³-hybridized carbons (Fsp3) is 0.0714. The van der Waals surface area contributed by atoms with Crippen LogP contribution in [-0.2, 0) is 11.2 Å². The van der Waals surface area contributed by atoms with E-state index in [-0.39, 0.29) is 6.42 Å². The molecule has 0 aliphatic heterocycles. The average Bonchev–Trinajstić information content (AvgIpc) is 2.29. The second kappa shape index (κ2) is 4.70. The van der Waals surface area contributed by atoms with Crippen LogP contribution < -0.4 is 4.74 Å². The first-order valence-electron chi connectivity index (χ1n) is 5.21. The summed E-state index contributed by atoms with van der Waals surface area (Å²) in [5, 5.41) is 10.7. The van der Waals surface area contributed by atoms with Gasteiger partial charge in [-0.15, -0.1) is 0 Å². The molecule has 0 amide bonds. The molecule has 17 heavy (non-hydrogen) atoms. The first-order valence-corrected chi connectivity index (χ1v) is 5.21. The van der Waals surface area contributed by atoms with Crippen molar-refractivity contribution >= 4 is 16.7 Å². The van der Waals surface area contributed by atoms with Crippen molar-refractivity contribution in [1.29, 1.82) is 0 Å². The van der Waals surface area contributed by atoms with E-state index in [2.05, 4.69) is 6.58 Å². The Bertz CT molecular complexity index is 573. The number of hydrogen-bond donors (Lipinski definition) is 1. The summed E-state index contributed by atoms with van der Waals surface area (Å²) in [4.78, 5) is 10.6. The second-order valence-electron chi connectivity index (χ2n) is 3.70. The van der Waals surface area contributed by atoms with E-state index >= 15 is 0 Å². The highest BCUT2D eigenvalue weighted by Crippen LogP contribution is 2.22. The van der Waals surface area contributed by atoms with E-state index in [1.807, 2.05) is 36.4 Å². The third-order valence-corrected chi connectivity index (χ3v) is 2.45. The van der Waals surface area contributed by atoms with E-state index in [9.17, 15) is 4.79 Å². The van der Waals surface area contributed by atoms with Crippen LogP contribution in [0, 0.1) is 0 Å². The zero-order valence-corrected chi connectivity index (χ0v) is 9.22. The molecule has 3 nitrogen and oxygen atoms in total. The van der Waals surface area contributed by atoms with E-state index in [1.54, 1.807) is 0 Å². The number of ether oxygens (including phenoxy) is 1. The lowest BCUT2D eigenvalue weighted by atomic mass is 10.0. The summed E-state index contributed by atoms with van der Waals surface area (Å²) < 4.78 is 5.18. The van der Waals surface area contributed by atoms with E-state index in [0.29, 0.717) is 0 Å². The minimum absolute atomic E-state index is 0.0425. The summed E-state index contributed by atoms with van der Waals surface area (Å²) in [6.07, 6.45) is 1.42. The van der Waals surface area contributed by atoms with Crippen LogP contribution in [0.5, 0.6) is 5.75 Å². The summed E-state index contributed by atoms with van der Waals surface area (Å²) >= 11 is 0. The lowest BCUT2D eigenvalue weighted by molar-refractivity contribution is -0.136. The molecule has 0 bridgehead atoms. The Morgan fingerprint density at radius 1 is 1.24 bits per heavy atom. The van der Waals surface area contributed by atoms with Gasteiger partial charge in [0.25, 0.3) is 0 Å². The molecule has 0 unspecified atom stereocenters. The van der Waals surface area contributed by atoms with E-state index in [1.165, 1.54) is 6.26 Å². The van der Waals surface area contributed by atoms with Crippen LogP contribution in [0.1, 0.15) is 5.56 Å².